The van der Waals surface area contributed by atoms with Crippen molar-refractivity contribution in [1.29, 1.82) is 0 Å². The van der Waals surface area contributed by atoms with E-state index in [2.05, 4.69) is 4.98 Å². The highest BCUT2D eigenvalue weighted by molar-refractivity contribution is 5.12. The fourth-order valence-electron chi connectivity index (χ4n) is 0.707. The Kier molecular flexibility index (Phi) is 2.16. The molecule has 0 aliphatic carbocycles. The highest BCUT2D eigenvalue weighted by atomic mass is 19.1. The molecule has 3 nitrogen and oxygen atoms in total. The third-order valence-corrected chi connectivity index (χ3v) is 1.31. The first-order chi connectivity index (χ1) is 5.11. The molecular weight excluding hydrogens is 149 g/mol. The molecular formula is C7H8FNO2. The Labute approximate surface area is 63.1 Å². The first-order valence-electron chi connectivity index (χ1n) is 3.10. The molecule has 0 radical (unpaired) electrons. The van der Waals surface area contributed by atoms with Crippen LogP contribution in [0.4, 0.5) is 4.39 Å². The maximum Gasteiger partial charge on any atom is 0.196 e. The smallest absolute Gasteiger partial charge is 0.196 e. The average Bonchev–Trinajstić information content (AvgIpc) is 1.94. The number of aryl methyl sites for hydroxylation is 1. The third kappa shape index (κ3) is 1.72. The summed E-state index contributed by atoms with van der Waals surface area (Å²) in [5.41, 5.74) is 0.222. The van der Waals surface area contributed by atoms with Gasteiger partial charge in [-0.3, -0.25) is 0 Å². The van der Waals surface area contributed by atoms with Crippen LogP contribution in [0.25, 0.3) is 0 Å². The molecule has 0 fully saturated rings. The summed E-state index contributed by atoms with van der Waals surface area (Å²) in [5, 5.41) is 17.2. The fraction of sp³-hybridized carbons (Fsp3) is 0.286. The van der Waals surface area contributed by atoms with Crippen molar-refractivity contribution in [3.63, 3.8) is 0 Å². The normalized spacial score (nSPS) is 10.6. The van der Waals surface area contributed by atoms with Crippen molar-refractivity contribution < 1.29 is 14.6 Å². The van der Waals surface area contributed by atoms with Gasteiger partial charge in [0, 0.05) is 0 Å². The molecule has 1 aromatic heterocycles. The lowest BCUT2D eigenvalue weighted by atomic mass is 10.3. The van der Waals surface area contributed by atoms with Crippen LogP contribution in [-0.2, 0) is 0 Å². The lowest BCUT2D eigenvalue weighted by Gasteiger charge is -2.03. The molecule has 0 saturated carbocycles. The van der Waals surface area contributed by atoms with E-state index in [-0.39, 0.29) is 11.4 Å². The van der Waals surface area contributed by atoms with Gasteiger partial charge in [-0.2, -0.15) is 0 Å². The van der Waals surface area contributed by atoms with Crippen LogP contribution in [0.5, 0.6) is 0 Å². The van der Waals surface area contributed by atoms with Crippen LogP contribution in [0.15, 0.2) is 12.1 Å². The number of hydrogen-bond donors (Lipinski definition) is 2. The predicted molar refractivity (Wildman–Crippen MR) is 36.1 cm³/mol. The van der Waals surface area contributed by atoms with E-state index in [1.807, 2.05) is 0 Å². The molecule has 0 unspecified atom stereocenters. The third-order valence-electron chi connectivity index (χ3n) is 1.31. The lowest BCUT2D eigenvalue weighted by Crippen LogP contribution is -2.00. The fourth-order valence-corrected chi connectivity index (χ4v) is 0.707. The van der Waals surface area contributed by atoms with Crippen LogP contribution in [0.1, 0.15) is 17.7 Å². The highest BCUT2D eigenvalue weighted by Crippen LogP contribution is 2.09. The van der Waals surface area contributed by atoms with E-state index >= 15 is 0 Å². The topological polar surface area (TPSA) is 53.4 Å². The molecule has 0 aliphatic heterocycles. The molecule has 0 saturated heterocycles. The van der Waals surface area contributed by atoms with Crippen molar-refractivity contribution in [3.8, 4) is 0 Å². The molecule has 4 heteroatoms. The Morgan fingerprint density at radius 3 is 2.55 bits per heavy atom. The van der Waals surface area contributed by atoms with Crippen molar-refractivity contribution in [2.24, 2.45) is 0 Å². The van der Waals surface area contributed by atoms with Crippen LogP contribution < -0.4 is 0 Å². The molecule has 0 atom stereocenters. The van der Waals surface area contributed by atoms with Gasteiger partial charge in [0.05, 0.1) is 11.4 Å². The lowest BCUT2D eigenvalue weighted by molar-refractivity contribution is -0.0460. The van der Waals surface area contributed by atoms with Gasteiger partial charge in [0.2, 0.25) is 0 Å². The number of aromatic nitrogens is 1. The van der Waals surface area contributed by atoms with Gasteiger partial charge in [0.25, 0.3) is 0 Å². The average molecular weight is 157 g/mol. The van der Waals surface area contributed by atoms with Crippen molar-refractivity contribution in [2.75, 3.05) is 0 Å². The molecule has 0 amide bonds. The molecule has 0 bridgehead atoms. The number of rotatable bonds is 1. The largest absolute Gasteiger partial charge is 0.363 e. The Morgan fingerprint density at radius 2 is 2.09 bits per heavy atom. The molecule has 0 aromatic carbocycles. The van der Waals surface area contributed by atoms with Crippen LogP contribution >= 0.6 is 0 Å². The standard InChI is InChI=1S/C7H8FNO2/c1-4-5(8)2-3-6(9-4)7(10)11/h2-3,7,10-11H,1H3. The molecule has 2 N–H and O–H groups in total. The summed E-state index contributed by atoms with van der Waals surface area (Å²) in [6.45, 7) is 1.46. The number of nitrogens with zero attached hydrogens (tertiary/aromatic N) is 1. The summed E-state index contributed by atoms with van der Waals surface area (Å²) in [6.07, 6.45) is -1.63. The maximum absolute atomic E-state index is 12.5. The van der Waals surface area contributed by atoms with E-state index in [0.717, 1.165) is 6.07 Å². The number of pyridine rings is 1. The van der Waals surface area contributed by atoms with Crippen LogP contribution in [0.2, 0.25) is 0 Å². The van der Waals surface area contributed by atoms with Crippen molar-refractivity contribution in [1.82, 2.24) is 4.98 Å². The van der Waals surface area contributed by atoms with Crippen LogP contribution in [-0.4, -0.2) is 15.2 Å². The van der Waals surface area contributed by atoms with Gasteiger partial charge in [-0.1, -0.05) is 0 Å². The zero-order chi connectivity index (χ0) is 8.43. The number of hydrogen-bond acceptors (Lipinski definition) is 3. The van der Waals surface area contributed by atoms with E-state index < -0.39 is 12.1 Å². The van der Waals surface area contributed by atoms with Gasteiger partial charge < -0.3 is 10.2 Å². The van der Waals surface area contributed by atoms with E-state index in [4.69, 9.17) is 10.2 Å². The van der Waals surface area contributed by atoms with E-state index in [0.29, 0.717) is 0 Å². The first kappa shape index (κ1) is 8.10. The summed E-state index contributed by atoms with van der Waals surface area (Å²) in [6, 6.07) is 2.38. The second-order valence-corrected chi connectivity index (χ2v) is 2.18. The summed E-state index contributed by atoms with van der Waals surface area (Å²) < 4.78 is 12.5. The first-order valence-corrected chi connectivity index (χ1v) is 3.10. The number of aliphatic hydroxyl groups excluding tert-OH is 1. The molecule has 1 aromatic rings. The predicted octanol–water partition coefficient (Wildman–Crippen LogP) is 0.512. The molecule has 11 heavy (non-hydrogen) atoms. The summed E-state index contributed by atoms with van der Waals surface area (Å²) >= 11 is 0. The van der Waals surface area contributed by atoms with Crippen molar-refractivity contribution in [3.05, 3.63) is 29.3 Å². The van der Waals surface area contributed by atoms with E-state index in [9.17, 15) is 4.39 Å². The minimum atomic E-state index is -1.63. The summed E-state index contributed by atoms with van der Waals surface area (Å²) in [4.78, 5) is 3.60. The van der Waals surface area contributed by atoms with Gasteiger partial charge in [-0.05, 0) is 19.1 Å². The van der Waals surface area contributed by atoms with Gasteiger partial charge in [-0.25, -0.2) is 9.37 Å². The Hall–Kier alpha value is -1.00. The van der Waals surface area contributed by atoms with Crippen molar-refractivity contribution >= 4 is 0 Å². The Bertz CT molecular complexity index is 263. The Morgan fingerprint density at radius 1 is 1.45 bits per heavy atom. The number of halogens is 1. The second-order valence-electron chi connectivity index (χ2n) is 2.18. The van der Waals surface area contributed by atoms with Crippen molar-refractivity contribution in [2.45, 2.75) is 13.2 Å². The van der Waals surface area contributed by atoms with Crippen LogP contribution in [0, 0.1) is 12.7 Å². The Balaban J connectivity index is 3.05. The second kappa shape index (κ2) is 2.94. The summed E-state index contributed by atoms with van der Waals surface area (Å²) in [5.74, 6) is -0.450. The molecule has 1 heterocycles. The van der Waals surface area contributed by atoms with E-state index in [1.54, 1.807) is 0 Å². The SMILES string of the molecule is Cc1nc(C(O)O)ccc1F. The van der Waals surface area contributed by atoms with E-state index in [1.165, 1.54) is 13.0 Å². The maximum atomic E-state index is 12.5. The monoisotopic (exact) mass is 157 g/mol. The molecule has 60 valence electrons. The summed E-state index contributed by atoms with van der Waals surface area (Å²) in [7, 11) is 0. The molecule has 0 aliphatic rings. The number of aliphatic hydroxyl groups is 2. The highest BCUT2D eigenvalue weighted by Gasteiger charge is 2.05. The minimum absolute atomic E-state index is 0.0592. The van der Waals surface area contributed by atoms with Crippen LogP contribution in [0.3, 0.4) is 0 Å². The minimum Gasteiger partial charge on any atom is -0.363 e. The molecule has 0 spiro atoms. The zero-order valence-electron chi connectivity index (χ0n) is 5.95. The van der Waals surface area contributed by atoms with Gasteiger partial charge >= 0.3 is 0 Å². The molecule has 1 rings (SSSR count). The van der Waals surface area contributed by atoms with Gasteiger partial charge in [0.1, 0.15) is 5.82 Å². The zero-order valence-corrected chi connectivity index (χ0v) is 5.95. The van der Waals surface area contributed by atoms with Gasteiger partial charge in [-0.15, -0.1) is 0 Å². The quantitative estimate of drug-likeness (QED) is 0.584. The van der Waals surface area contributed by atoms with Gasteiger partial charge in [0.15, 0.2) is 6.29 Å².